The summed E-state index contributed by atoms with van der Waals surface area (Å²) in [6.45, 7) is 2.46. The van der Waals surface area contributed by atoms with Crippen LogP contribution in [0.4, 0.5) is 5.82 Å². The van der Waals surface area contributed by atoms with E-state index in [1.54, 1.807) is 6.33 Å². The number of ether oxygens (including phenoxy) is 1. The van der Waals surface area contributed by atoms with Crippen molar-refractivity contribution < 1.29 is 9.53 Å². The molecule has 104 valence electrons. The maximum atomic E-state index is 11.6. The average molecular weight is 263 g/mol. The Hall–Kier alpha value is -1.65. The molecule has 0 N–H and O–H groups in total. The van der Waals surface area contributed by atoms with Gasteiger partial charge in [0.15, 0.2) is 0 Å². The highest BCUT2D eigenvalue weighted by atomic mass is 16.5. The van der Waals surface area contributed by atoms with Gasteiger partial charge >= 0.3 is 5.97 Å². The molecule has 0 fully saturated rings. The van der Waals surface area contributed by atoms with Crippen molar-refractivity contribution in [2.75, 3.05) is 25.1 Å². The van der Waals surface area contributed by atoms with E-state index in [1.807, 2.05) is 18.9 Å². The topological polar surface area (TPSA) is 55.3 Å². The number of carbonyl (C=O) groups excluding carboxylic acids is 1. The molecule has 2 rings (SSSR count). The lowest BCUT2D eigenvalue weighted by Crippen LogP contribution is -2.29. The summed E-state index contributed by atoms with van der Waals surface area (Å²) in [5.41, 5.74) is 2.34. The number of hydrogen-bond donors (Lipinski definition) is 0. The van der Waals surface area contributed by atoms with Crippen LogP contribution in [0, 0.1) is 0 Å². The number of carbonyl (C=O) groups is 1. The van der Waals surface area contributed by atoms with E-state index in [4.69, 9.17) is 4.74 Å². The number of fused-ring (bicyclic) bond motifs is 1. The Morgan fingerprint density at radius 2 is 2.11 bits per heavy atom. The lowest BCUT2D eigenvalue weighted by atomic mass is 10.1. The molecule has 0 amide bonds. The van der Waals surface area contributed by atoms with Crippen LogP contribution in [-0.2, 0) is 22.4 Å². The van der Waals surface area contributed by atoms with Crippen LogP contribution in [0.1, 0.15) is 37.4 Å². The van der Waals surface area contributed by atoms with Gasteiger partial charge in [0.05, 0.1) is 6.61 Å². The molecule has 0 spiro atoms. The first-order chi connectivity index (χ1) is 9.22. The predicted molar refractivity (Wildman–Crippen MR) is 73.2 cm³/mol. The summed E-state index contributed by atoms with van der Waals surface area (Å²) in [6, 6.07) is 0. The zero-order chi connectivity index (χ0) is 13.7. The van der Waals surface area contributed by atoms with Crippen LogP contribution < -0.4 is 4.90 Å². The summed E-state index contributed by atoms with van der Waals surface area (Å²) in [6.07, 6.45) is 7.20. The zero-order valence-electron chi connectivity index (χ0n) is 11.7. The van der Waals surface area contributed by atoms with E-state index in [2.05, 4.69) is 9.97 Å². The Bertz CT molecular complexity index is 448. The van der Waals surface area contributed by atoms with Gasteiger partial charge in [-0.3, -0.25) is 4.79 Å². The van der Waals surface area contributed by atoms with Crippen molar-refractivity contribution in [1.82, 2.24) is 9.97 Å². The van der Waals surface area contributed by atoms with Gasteiger partial charge in [-0.2, -0.15) is 0 Å². The molecular weight excluding hydrogens is 242 g/mol. The van der Waals surface area contributed by atoms with Gasteiger partial charge in [-0.25, -0.2) is 9.97 Å². The Kier molecular flexibility index (Phi) is 4.71. The highest BCUT2D eigenvalue weighted by Crippen LogP contribution is 2.25. The molecule has 0 atom stereocenters. The minimum atomic E-state index is -0.217. The molecule has 0 bridgehead atoms. The number of anilines is 1. The fraction of sp³-hybridized carbons (Fsp3) is 0.643. The van der Waals surface area contributed by atoms with E-state index >= 15 is 0 Å². The second kappa shape index (κ2) is 6.50. The largest absolute Gasteiger partial charge is 0.465 e. The number of aryl methyl sites for hydroxylation is 1. The molecule has 0 aliphatic heterocycles. The maximum Gasteiger partial charge on any atom is 0.325 e. The molecule has 19 heavy (non-hydrogen) atoms. The van der Waals surface area contributed by atoms with Gasteiger partial charge in [0.2, 0.25) is 0 Å². The molecule has 5 heteroatoms. The highest BCUT2D eigenvalue weighted by Gasteiger charge is 2.18. The van der Waals surface area contributed by atoms with Crippen LogP contribution in [0.15, 0.2) is 6.33 Å². The van der Waals surface area contributed by atoms with Gasteiger partial charge in [0, 0.05) is 18.3 Å². The summed E-state index contributed by atoms with van der Waals surface area (Å²) in [7, 11) is 1.88. The number of aromatic nitrogens is 2. The van der Waals surface area contributed by atoms with Crippen molar-refractivity contribution in [3.05, 3.63) is 17.6 Å². The lowest BCUT2D eigenvalue weighted by molar-refractivity contribution is -0.141. The molecule has 0 radical (unpaired) electrons. The van der Waals surface area contributed by atoms with Crippen molar-refractivity contribution in [3.63, 3.8) is 0 Å². The fourth-order valence-electron chi connectivity index (χ4n) is 2.48. The Balaban J connectivity index is 2.17. The van der Waals surface area contributed by atoms with Crippen molar-refractivity contribution >= 4 is 11.8 Å². The van der Waals surface area contributed by atoms with Crippen molar-refractivity contribution in [3.8, 4) is 0 Å². The van der Waals surface area contributed by atoms with E-state index in [0.717, 1.165) is 24.4 Å². The molecule has 1 aliphatic rings. The molecule has 0 saturated heterocycles. The summed E-state index contributed by atoms with van der Waals surface area (Å²) < 4.78 is 4.98. The van der Waals surface area contributed by atoms with Gasteiger partial charge in [-0.15, -0.1) is 0 Å². The molecule has 5 nitrogen and oxygen atoms in total. The highest BCUT2D eigenvalue weighted by molar-refractivity contribution is 5.75. The quantitative estimate of drug-likeness (QED) is 0.612. The molecule has 1 heterocycles. The van der Waals surface area contributed by atoms with E-state index in [0.29, 0.717) is 6.61 Å². The third kappa shape index (κ3) is 3.43. The Morgan fingerprint density at radius 1 is 1.32 bits per heavy atom. The van der Waals surface area contributed by atoms with Crippen LogP contribution in [0.3, 0.4) is 0 Å². The SMILES string of the molecule is CCOC(=O)CN(C)c1ncnc2c1CCCCC2. The smallest absolute Gasteiger partial charge is 0.325 e. The van der Waals surface area contributed by atoms with Crippen LogP contribution in [0.5, 0.6) is 0 Å². The number of hydrogen-bond acceptors (Lipinski definition) is 5. The van der Waals surface area contributed by atoms with E-state index in [-0.39, 0.29) is 12.5 Å². The predicted octanol–water partition coefficient (Wildman–Crippen LogP) is 1.74. The number of esters is 1. The minimum absolute atomic E-state index is 0.217. The third-order valence-electron chi connectivity index (χ3n) is 3.39. The van der Waals surface area contributed by atoms with Crippen LogP contribution in [-0.4, -0.2) is 36.1 Å². The standard InChI is InChI=1S/C14H21N3O2/c1-3-19-13(18)9-17(2)14-11-7-5-4-6-8-12(11)15-10-16-14/h10H,3-9H2,1-2H3. The van der Waals surface area contributed by atoms with E-state index in [9.17, 15) is 4.79 Å². The molecule has 0 saturated carbocycles. The first-order valence-corrected chi connectivity index (χ1v) is 6.92. The molecule has 0 unspecified atom stereocenters. The Morgan fingerprint density at radius 3 is 2.89 bits per heavy atom. The first-order valence-electron chi connectivity index (χ1n) is 6.92. The van der Waals surface area contributed by atoms with Gasteiger partial charge in [0.25, 0.3) is 0 Å². The van der Waals surface area contributed by atoms with Crippen LogP contribution in [0.25, 0.3) is 0 Å². The second-order valence-electron chi connectivity index (χ2n) is 4.84. The van der Waals surface area contributed by atoms with Gasteiger partial charge in [-0.1, -0.05) is 6.42 Å². The fourth-order valence-corrected chi connectivity index (χ4v) is 2.48. The van der Waals surface area contributed by atoms with Crippen LogP contribution in [0.2, 0.25) is 0 Å². The average Bonchev–Trinajstić information content (AvgIpc) is 2.63. The van der Waals surface area contributed by atoms with Gasteiger partial charge in [0.1, 0.15) is 18.7 Å². The van der Waals surface area contributed by atoms with Crippen LogP contribution >= 0.6 is 0 Å². The van der Waals surface area contributed by atoms with Crippen molar-refractivity contribution in [2.45, 2.75) is 39.0 Å². The van der Waals surface area contributed by atoms with Crippen molar-refractivity contribution in [2.24, 2.45) is 0 Å². The number of nitrogens with zero attached hydrogens (tertiary/aromatic N) is 3. The van der Waals surface area contributed by atoms with Gasteiger partial charge < -0.3 is 9.64 Å². The molecular formula is C14H21N3O2. The monoisotopic (exact) mass is 263 g/mol. The molecule has 1 aromatic heterocycles. The summed E-state index contributed by atoms with van der Waals surface area (Å²) >= 11 is 0. The maximum absolute atomic E-state index is 11.6. The molecule has 1 aromatic rings. The molecule has 1 aliphatic carbocycles. The first kappa shape index (κ1) is 13.8. The number of rotatable bonds is 4. The summed E-state index contributed by atoms with van der Waals surface area (Å²) in [4.78, 5) is 22.2. The zero-order valence-corrected chi connectivity index (χ0v) is 11.7. The second-order valence-corrected chi connectivity index (χ2v) is 4.84. The summed E-state index contributed by atoms with van der Waals surface area (Å²) in [5.74, 6) is 0.658. The molecule has 0 aromatic carbocycles. The third-order valence-corrected chi connectivity index (χ3v) is 3.39. The number of likely N-dealkylation sites (N-methyl/N-ethyl adjacent to an activating group) is 1. The Labute approximate surface area is 114 Å². The van der Waals surface area contributed by atoms with Gasteiger partial charge in [-0.05, 0) is 32.6 Å². The lowest BCUT2D eigenvalue weighted by Gasteiger charge is -2.20. The van der Waals surface area contributed by atoms with E-state index in [1.165, 1.54) is 24.8 Å². The minimum Gasteiger partial charge on any atom is -0.465 e. The van der Waals surface area contributed by atoms with Crippen molar-refractivity contribution in [1.29, 1.82) is 0 Å². The normalized spacial score (nSPS) is 14.4. The van der Waals surface area contributed by atoms with E-state index < -0.39 is 0 Å². The summed E-state index contributed by atoms with van der Waals surface area (Å²) in [5, 5.41) is 0.